The van der Waals surface area contributed by atoms with Gasteiger partial charge in [0, 0.05) is 81.8 Å². The second kappa shape index (κ2) is 40.8. The number of phenols is 1. The summed E-state index contributed by atoms with van der Waals surface area (Å²) < 4.78 is 0. The van der Waals surface area contributed by atoms with Crippen LogP contribution in [0.5, 0.6) is 5.75 Å². The number of carbonyl (C=O) groups is 10. The lowest BCUT2D eigenvalue weighted by molar-refractivity contribution is -0.144. The largest absolute Gasteiger partial charge is 0.508 e. The van der Waals surface area contributed by atoms with Gasteiger partial charge in [-0.1, -0.05) is 124 Å². The third kappa shape index (κ3) is 25.8. The van der Waals surface area contributed by atoms with E-state index in [1.807, 2.05) is 70.2 Å². The second-order valence-electron chi connectivity index (χ2n) is 28.2. The van der Waals surface area contributed by atoms with Crippen molar-refractivity contribution in [1.82, 2.24) is 77.8 Å². The summed E-state index contributed by atoms with van der Waals surface area (Å²) in [5, 5.41) is 59.0. The fraction of sp³-hybridized carbons (Fsp3) is 0.423. The quantitative estimate of drug-likeness (QED) is 0.0194. The number of hydrogen-bond acceptors (Lipinski definition) is 19. The predicted molar refractivity (Wildman–Crippen MR) is 413 cm³/mol. The number of unbranched alkanes of at least 4 members (excludes halogenated alkanes) is 1. The molecule has 7 aromatic rings. The molecule has 1 saturated heterocycles. The van der Waals surface area contributed by atoms with Gasteiger partial charge in [0.1, 0.15) is 60.1 Å². The van der Waals surface area contributed by atoms with Crippen molar-refractivity contribution < 1.29 is 58.2 Å². The molecule has 10 amide bonds. The number of likely N-dealkylation sites (tertiary alicyclic amines) is 1. The summed E-state index contributed by atoms with van der Waals surface area (Å²) in [6.07, 6.45) is 3.76. The number of likely N-dealkylation sites (N-methyl/N-ethyl adjacent to an activating group) is 1. The molecule has 0 unspecified atom stereocenters. The zero-order chi connectivity index (χ0) is 78.8. The molecular formula is C78H101ClN18O12. The van der Waals surface area contributed by atoms with Crippen molar-refractivity contribution in [3.05, 3.63) is 173 Å². The van der Waals surface area contributed by atoms with Gasteiger partial charge in [-0.2, -0.15) is 4.98 Å². The number of anilines is 3. The molecule has 17 N–H and O–H groups in total. The number of hydrogen-bond donors (Lipinski definition) is 15. The Morgan fingerprint density at radius 2 is 1.16 bits per heavy atom. The first-order chi connectivity index (χ1) is 52.1. The molecule has 1 fully saturated rings. The maximum absolute atomic E-state index is 15.5. The summed E-state index contributed by atoms with van der Waals surface area (Å²) in [5.74, 6) is -7.55. The molecule has 0 bridgehead atoms. The standard InChI is InChI=1S/C78H101ClN18O12/c1-45(2)36-60(68(101)87-59(17-10-11-34-83-46(3)4)76(109)97-35-13-18-66(97)73(106)84-47(5)80)88-71(104)63(39-50-22-29-57(30-23-50)86-78-93-77(81)94-95-78)91-74(107)67(42-51-24-31-58(100)32-25-51)96(7)75(108)65(44-98)92-72(105)64(41-53-14-12-33-82-43-53)90-70(103)62(38-49-20-27-56(79)28-21-49)89-69(102)61(85-48(6)99)40-52-19-26-54-15-8-9-16-55(54)37-52/h8-9,12,14-16,19-33,37,43,45-47,59-67,83,98,100H,10-11,13,17-18,34-36,38-42,44,80H2,1-7H3,(H,84,106)(H,85,99)(H,87,101)(H,88,104)(H,89,102)(H,90,103)(H,91,107)(H,92,105)(H4,81,86,93,94,95)/t47-,59+,60+,61-,62-,63-,64-,65+,66+,67+/m1/s1. The number of phenolic OH excluding ortho intramolecular Hbond substituents is 1. The summed E-state index contributed by atoms with van der Waals surface area (Å²) >= 11 is 6.27. The van der Waals surface area contributed by atoms with E-state index >= 15 is 14.4 Å². The minimum Gasteiger partial charge on any atom is -0.508 e. The molecule has 3 heterocycles. The summed E-state index contributed by atoms with van der Waals surface area (Å²) in [6, 6.07) is 23.4. The van der Waals surface area contributed by atoms with Crippen molar-refractivity contribution in [3.8, 4) is 5.75 Å². The Morgan fingerprint density at radius 1 is 0.615 bits per heavy atom. The van der Waals surface area contributed by atoms with E-state index in [0.29, 0.717) is 70.8 Å². The Bertz CT molecular complexity index is 4230. The highest BCUT2D eigenvalue weighted by molar-refractivity contribution is 6.30. The number of aromatic amines is 1. The van der Waals surface area contributed by atoms with Gasteiger partial charge >= 0.3 is 0 Å². The third-order valence-electron chi connectivity index (χ3n) is 18.4. The highest BCUT2D eigenvalue weighted by atomic mass is 35.5. The van der Waals surface area contributed by atoms with E-state index in [0.717, 1.165) is 15.7 Å². The van der Waals surface area contributed by atoms with E-state index in [9.17, 15) is 43.8 Å². The number of pyridine rings is 1. The first kappa shape index (κ1) is 83.6. The van der Waals surface area contributed by atoms with E-state index in [2.05, 4.69) is 73.3 Å². The average Bonchev–Trinajstić information content (AvgIpc) is 1.78. The molecule has 8 rings (SSSR count). The van der Waals surface area contributed by atoms with Crippen LogP contribution in [0.2, 0.25) is 5.02 Å². The van der Waals surface area contributed by atoms with Crippen molar-refractivity contribution in [2.24, 2.45) is 11.7 Å². The lowest BCUT2D eigenvalue weighted by Gasteiger charge is -2.33. The summed E-state index contributed by atoms with van der Waals surface area (Å²) in [7, 11) is 1.26. The Balaban J connectivity index is 1.07. The van der Waals surface area contributed by atoms with Gasteiger partial charge in [-0.3, -0.25) is 52.9 Å². The van der Waals surface area contributed by atoms with Crippen molar-refractivity contribution in [2.45, 2.75) is 179 Å². The van der Waals surface area contributed by atoms with E-state index in [1.54, 1.807) is 67.6 Å². The Hall–Kier alpha value is -11.1. The lowest BCUT2D eigenvalue weighted by atomic mass is 9.99. The number of amides is 10. The minimum absolute atomic E-state index is 0.0374. The summed E-state index contributed by atoms with van der Waals surface area (Å²) in [5.41, 5.74) is 14.9. The zero-order valence-corrected chi connectivity index (χ0v) is 63.1. The molecule has 0 spiro atoms. The van der Waals surface area contributed by atoms with E-state index in [1.165, 1.54) is 55.5 Å². The van der Waals surface area contributed by atoms with Gasteiger partial charge in [0.05, 0.1) is 12.8 Å². The first-order valence-corrected chi connectivity index (χ1v) is 37.0. The van der Waals surface area contributed by atoms with Crippen LogP contribution < -0.4 is 64.6 Å². The van der Waals surface area contributed by atoms with Crippen LogP contribution in [0.4, 0.5) is 17.6 Å². The van der Waals surface area contributed by atoms with Gasteiger partial charge in [-0.15, -0.1) is 5.10 Å². The van der Waals surface area contributed by atoms with Crippen LogP contribution in [0.1, 0.15) is 108 Å². The SMILES string of the molecule is CC(=O)N[C@H](Cc1ccc2ccccc2c1)C(=O)N[C@H](Cc1ccc(Cl)cc1)C(=O)N[C@H](Cc1cccnc1)C(=O)N[C@@H](CO)C(=O)N(C)[C@@H](Cc1ccc(O)cc1)C(=O)N[C@H](Cc1ccc(Nc2n[nH]c(N)n2)cc1)C(=O)N[C@@H](CC(C)C)C(=O)N[C@@H](CCCCNC(C)C)C(=O)N1CCC[C@H]1C(=O)N[C@H](C)N. The first-order valence-electron chi connectivity index (χ1n) is 36.6. The van der Waals surface area contributed by atoms with E-state index in [-0.39, 0.29) is 81.1 Å². The number of halogens is 1. The fourth-order valence-corrected chi connectivity index (χ4v) is 13.0. The number of fused-ring (bicyclic) bond motifs is 1. The Kier molecular flexibility index (Phi) is 31.2. The van der Waals surface area contributed by atoms with Crippen molar-refractivity contribution in [1.29, 1.82) is 0 Å². The smallest absolute Gasteiger partial charge is 0.248 e. The van der Waals surface area contributed by atoms with Gasteiger partial charge < -0.3 is 84.6 Å². The topological polar surface area (TPSA) is 444 Å². The molecule has 30 nitrogen and oxygen atoms in total. The number of nitrogens with two attached hydrogens (primary N) is 2. The highest BCUT2D eigenvalue weighted by Crippen LogP contribution is 2.24. The number of H-pyrrole nitrogens is 1. The number of nitrogens with zero attached hydrogens (tertiary/aromatic N) is 5. The van der Waals surface area contributed by atoms with Crippen molar-refractivity contribution >= 4 is 99.0 Å². The van der Waals surface area contributed by atoms with Gasteiger partial charge in [0.15, 0.2) is 0 Å². The van der Waals surface area contributed by atoms with Crippen LogP contribution in [-0.2, 0) is 80.0 Å². The number of nitrogens with one attached hydrogen (secondary N) is 11. The molecule has 31 heteroatoms. The molecule has 5 aromatic carbocycles. The molecule has 1 aliphatic heterocycles. The number of benzene rings is 5. The van der Waals surface area contributed by atoms with Crippen LogP contribution in [-0.4, -0.2) is 193 Å². The average molecular weight is 1520 g/mol. The molecule has 10 atom stereocenters. The molecule has 109 heavy (non-hydrogen) atoms. The van der Waals surface area contributed by atoms with Crippen LogP contribution in [0.15, 0.2) is 140 Å². The molecule has 0 aliphatic carbocycles. The maximum Gasteiger partial charge on any atom is 0.248 e. The van der Waals surface area contributed by atoms with Crippen molar-refractivity contribution in [2.75, 3.05) is 37.8 Å². The highest BCUT2D eigenvalue weighted by Gasteiger charge is 2.41. The normalized spacial score (nSPS) is 15.2. The third-order valence-corrected chi connectivity index (χ3v) is 18.7. The van der Waals surface area contributed by atoms with Crippen LogP contribution in [0, 0.1) is 5.92 Å². The summed E-state index contributed by atoms with van der Waals surface area (Å²) in [6.45, 7) is 10.4. The number of carbonyl (C=O) groups excluding carboxylic acids is 10. The molecule has 1 aliphatic rings. The predicted octanol–water partition coefficient (Wildman–Crippen LogP) is 3.41. The van der Waals surface area contributed by atoms with Crippen LogP contribution >= 0.6 is 11.6 Å². The van der Waals surface area contributed by atoms with Crippen LogP contribution in [0.25, 0.3) is 10.8 Å². The molecule has 2 aromatic heterocycles. The minimum atomic E-state index is -1.82. The molecule has 582 valence electrons. The van der Waals surface area contributed by atoms with Gasteiger partial charge in [0.2, 0.25) is 71.0 Å². The maximum atomic E-state index is 15.5. The van der Waals surface area contributed by atoms with E-state index < -0.39 is 126 Å². The number of aromatic nitrogens is 4. The Labute approximate surface area is 638 Å². The van der Waals surface area contributed by atoms with Crippen LogP contribution in [0.3, 0.4) is 0 Å². The monoisotopic (exact) mass is 1520 g/mol. The summed E-state index contributed by atoms with van der Waals surface area (Å²) in [4.78, 5) is 157. The molecule has 0 radical (unpaired) electrons. The molecule has 0 saturated carbocycles. The van der Waals surface area contributed by atoms with E-state index in [4.69, 9.17) is 23.1 Å². The van der Waals surface area contributed by atoms with Gasteiger partial charge in [-0.25, -0.2) is 5.10 Å². The number of aliphatic hydroxyl groups excluding tert-OH is 1. The van der Waals surface area contributed by atoms with Gasteiger partial charge in [-0.05, 0) is 139 Å². The fourth-order valence-electron chi connectivity index (χ4n) is 12.8. The zero-order valence-electron chi connectivity index (χ0n) is 62.4. The lowest BCUT2D eigenvalue weighted by Crippen LogP contribution is -2.62. The van der Waals surface area contributed by atoms with Gasteiger partial charge in [0.25, 0.3) is 0 Å². The number of nitrogen functional groups attached to an aromatic ring is 1. The number of aliphatic hydroxyl groups is 1. The second-order valence-corrected chi connectivity index (χ2v) is 28.6. The molecular weight excluding hydrogens is 1420 g/mol. The van der Waals surface area contributed by atoms with Crippen molar-refractivity contribution in [3.63, 3.8) is 0 Å². The Morgan fingerprint density at radius 3 is 1.73 bits per heavy atom. The number of aromatic hydroxyl groups is 1. The number of rotatable bonds is 39.